The van der Waals surface area contributed by atoms with E-state index in [2.05, 4.69) is 0 Å². The van der Waals surface area contributed by atoms with Gasteiger partial charge in [0.2, 0.25) is 10.0 Å². The molecule has 1 heterocycles. The van der Waals surface area contributed by atoms with E-state index in [0.29, 0.717) is 19.6 Å². The lowest BCUT2D eigenvalue weighted by molar-refractivity contribution is -0.385. The quantitative estimate of drug-likeness (QED) is 0.494. The number of hydrogen-bond donors (Lipinski definition) is 1. The van der Waals surface area contributed by atoms with Crippen molar-refractivity contribution in [1.82, 2.24) is 9.21 Å². The van der Waals surface area contributed by atoms with Gasteiger partial charge in [0.15, 0.2) is 0 Å². The fourth-order valence-corrected chi connectivity index (χ4v) is 4.22. The molecule has 21 heavy (non-hydrogen) atoms. The van der Waals surface area contributed by atoms with Crippen molar-refractivity contribution < 1.29 is 13.3 Å². The maximum absolute atomic E-state index is 12.7. The highest BCUT2D eigenvalue weighted by molar-refractivity contribution is 7.89. The largest absolute Gasteiger partial charge is 0.398 e. The van der Waals surface area contributed by atoms with Crippen LogP contribution in [0, 0.1) is 10.1 Å². The number of piperazine rings is 1. The summed E-state index contributed by atoms with van der Waals surface area (Å²) in [5.41, 5.74) is 5.45. The van der Waals surface area contributed by atoms with Gasteiger partial charge in [0, 0.05) is 37.8 Å². The lowest BCUT2D eigenvalue weighted by Crippen LogP contribution is -2.52. The van der Waals surface area contributed by atoms with Crippen molar-refractivity contribution in [2.24, 2.45) is 0 Å². The van der Waals surface area contributed by atoms with E-state index in [4.69, 9.17) is 5.73 Å². The maximum Gasteiger partial charge on any atom is 0.270 e. The number of nitro benzene ring substituents is 1. The molecule has 0 saturated carbocycles. The van der Waals surface area contributed by atoms with Crippen LogP contribution in [0.1, 0.15) is 6.92 Å². The van der Waals surface area contributed by atoms with Crippen molar-refractivity contribution >= 4 is 21.4 Å². The Bertz CT molecular complexity index is 661. The van der Waals surface area contributed by atoms with E-state index >= 15 is 0 Å². The number of nitrogens with zero attached hydrogens (tertiary/aromatic N) is 3. The predicted molar refractivity (Wildman–Crippen MR) is 78.4 cm³/mol. The minimum absolute atomic E-state index is 0.0201. The van der Waals surface area contributed by atoms with Gasteiger partial charge in [-0.1, -0.05) is 0 Å². The Kier molecular flexibility index (Phi) is 4.17. The van der Waals surface area contributed by atoms with Crippen LogP contribution >= 0.6 is 0 Å². The Balaban J connectivity index is 2.44. The summed E-state index contributed by atoms with van der Waals surface area (Å²) in [5, 5.41) is 10.8. The van der Waals surface area contributed by atoms with Crippen LogP contribution in [0.2, 0.25) is 0 Å². The van der Waals surface area contributed by atoms with Crippen molar-refractivity contribution in [1.29, 1.82) is 0 Å². The number of nitrogens with two attached hydrogens (primary N) is 1. The summed E-state index contributed by atoms with van der Waals surface area (Å²) in [6, 6.07) is 3.26. The minimum atomic E-state index is -3.84. The van der Waals surface area contributed by atoms with Gasteiger partial charge in [-0.15, -0.1) is 0 Å². The first-order valence-electron chi connectivity index (χ1n) is 6.48. The molecule has 0 spiro atoms. The molecule has 1 unspecified atom stereocenters. The van der Waals surface area contributed by atoms with E-state index in [0.717, 1.165) is 6.07 Å². The Morgan fingerprint density at radius 1 is 1.38 bits per heavy atom. The van der Waals surface area contributed by atoms with Gasteiger partial charge in [0.25, 0.3) is 5.69 Å². The van der Waals surface area contributed by atoms with Gasteiger partial charge in [0.1, 0.15) is 4.90 Å². The highest BCUT2D eigenvalue weighted by Gasteiger charge is 2.34. The molecule has 1 aliphatic rings. The molecule has 0 radical (unpaired) electrons. The zero-order valence-corrected chi connectivity index (χ0v) is 12.7. The normalized spacial score (nSPS) is 21.3. The predicted octanol–water partition coefficient (Wildman–Crippen LogP) is 0.502. The van der Waals surface area contributed by atoms with E-state index in [-0.39, 0.29) is 22.3 Å². The van der Waals surface area contributed by atoms with Crippen LogP contribution in [0.3, 0.4) is 0 Å². The number of rotatable bonds is 3. The second-order valence-electron chi connectivity index (χ2n) is 5.21. The van der Waals surface area contributed by atoms with Gasteiger partial charge in [-0.3, -0.25) is 10.1 Å². The molecule has 0 aliphatic carbocycles. The number of hydrogen-bond acceptors (Lipinski definition) is 6. The van der Waals surface area contributed by atoms with Crippen LogP contribution in [0.15, 0.2) is 23.1 Å². The number of anilines is 1. The van der Waals surface area contributed by atoms with Crippen LogP contribution in [-0.2, 0) is 10.0 Å². The van der Waals surface area contributed by atoms with E-state index in [1.54, 1.807) is 6.92 Å². The standard InChI is InChI=1S/C12H18N4O4S/c1-9-8-14(2)5-6-15(9)21(19,20)12-7-10(16(17)18)3-4-11(12)13/h3-4,7,9H,5-6,8,13H2,1-2H3. The average Bonchev–Trinajstić information content (AvgIpc) is 2.38. The van der Waals surface area contributed by atoms with Crippen molar-refractivity contribution in [3.8, 4) is 0 Å². The van der Waals surface area contributed by atoms with Gasteiger partial charge in [-0.25, -0.2) is 8.42 Å². The first-order chi connectivity index (χ1) is 9.73. The van der Waals surface area contributed by atoms with Crippen LogP contribution in [0.5, 0.6) is 0 Å². The minimum Gasteiger partial charge on any atom is -0.398 e. The zero-order valence-electron chi connectivity index (χ0n) is 11.9. The molecule has 116 valence electrons. The highest BCUT2D eigenvalue weighted by atomic mass is 32.2. The molecule has 1 aromatic rings. The third-order valence-corrected chi connectivity index (χ3v) is 5.63. The molecule has 1 fully saturated rings. The Labute approximate surface area is 123 Å². The average molecular weight is 314 g/mol. The number of nitrogen functional groups attached to an aromatic ring is 1. The molecular formula is C12H18N4O4S. The first kappa shape index (κ1) is 15.7. The molecule has 1 aliphatic heterocycles. The lowest BCUT2D eigenvalue weighted by Gasteiger charge is -2.37. The molecular weight excluding hydrogens is 296 g/mol. The van der Waals surface area contributed by atoms with Crippen molar-refractivity contribution in [3.63, 3.8) is 0 Å². The van der Waals surface area contributed by atoms with E-state index < -0.39 is 14.9 Å². The number of likely N-dealkylation sites (N-methyl/N-ethyl adjacent to an activating group) is 1. The van der Waals surface area contributed by atoms with Crippen LogP contribution in [0.4, 0.5) is 11.4 Å². The Hall–Kier alpha value is -1.71. The smallest absolute Gasteiger partial charge is 0.270 e. The SMILES string of the molecule is CC1CN(C)CCN1S(=O)(=O)c1cc([N+](=O)[O-])ccc1N. The lowest BCUT2D eigenvalue weighted by atomic mass is 10.2. The molecule has 1 atom stereocenters. The Morgan fingerprint density at radius 3 is 2.62 bits per heavy atom. The van der Waals surface area contributed by atoms with Crippen LogP contribution < -0.4 is 5.73 Å². The number of sulfonamides is 1. The van der Waals surface area contributed by atoms with Crippen molar-refractivity contribution in [2.45, 2.75) is 17.9 Å². The fraction of sp³-hybridized carbons (Fsp3) is 0.500. The molecule has 9 heteroatoms. The third-order valence-electron chi connectivity index (χ3n) is 3.56. The fourth-order valence-electron chi connectivity index (χ4n) is 2.47. The van der Waals surface area contributed by atoms with Gasteiger partial charge in [-0.05, 0) is 20.0 Å². The van der Waals surface area contributed by atoms with Gasteiger partial charge < -0.3 is 10.6 Å². The molecule has 2 rings (SSSR count). The molecule has 1 saturated heterocycles. The van der Waals surface area contributed by atoms with Crippen molar-refractivity contribution in [2.75, 3.05) is 32.4 Å². The van der Waals surface area contributed by atoms with E-state index in [1.807, 2.05) is 11.9 Å². The molecule has 1 aromatic carbocycles. The first-order valence-corrected chi connectivity index (χ1v) is 7.92. The molecule has 2 N–H and O–H groups in total. The maximum atomic E-state index is 12.7. The number of benzene rings is 1. The van der Waals surface area contributed by atoms with Gasteiger partial charge >= 0.3 is 0 Å². The highest BCUT2D eigenvalue weighted by Crippen LogP contribution is 2.28. The Morgan fingerprint density at radius 2 is 2.05 bits per heavy atom. The van der Waals surface area contributed by atoms with Gasteiger partial charge in [0.05, 0.1) is 10.6 Å². The second-order valence-corrected chi connectivity index (χ2v) is 7.07. The summed E-state index contributed by atoms with van der Waals surface area (Å²) in [7, 11) is -1.93. The summed E-state index contributed by atoms with van der Waals surface area (Å²) in [4.78, 5) is 12.0. The summed E-state index contributed by atoms with van der Waals surface area (Å²) in [6.07, 6.45) is 0. The molecule has 0 amide bonds. The summed E-state index contributed by atoms with van der Waals surface area (Å²) < 4.78 is 26.8. The molecule has 0 bridgehead atoms. The zero-order chi connectivity index (χ0) is 15.8. The monoisotopic (exact) mass is 314 g/mol. The second kappa shape index (κ2) is 5.58. The summed E-state index contributed by atoms with van der Waals surface area (Å²) in [5.74, 6) is 0. The molecule has 0 aromatic heterocycles. The van der Waals surface area contributed by atoms with Crippen molar-refractivity contribution in [3.05, 3.63) is 28.3 Å². The number of nitro groups is 1. The van der Waals surface area contributed by atoms with Crippen LogP contribution in [0.25, 0.3) is 0 Å². The molecule has 8 nitrogen and oxygen atoms in total. The number of non-ortho nitro benzene ring substituents is 1. The van der Waals surface area contributed by atoms with E-state index in [9.17, 15) is 18.5 Å². The van der Waals surface area contributed by atoms with Crippen LogP contribution in [-0.4, -0.2) is 55.3 Å². The van der Waals surface area contributed by atoms with E-state index in [1.165, 1.54) is 16.4 Å². The summed E-state index contributed by atoms with van der Waals surface area (Å²) >= 11 is 0. The van der Waals surface area contributed by atoms with Gasteiger partial charge in [-0.2, -0.15) is 4.31 Å². The summed E-state index contributed by atoms with van der Waals surface area (Å²) in [6.45, 7) is 3.36. The third kappa shape index (κ3) is 2.99. The topological polar surface area (TPSA) is 110 Å².